The van der Waals surface area contributed by atoms with Gasteiger partial charge in [0.2, 0.25) is 11.8 Å². The smallest absolute Gasteiger partial charge is 0.248 e. The normalized spacial score (nSPS) is 21.0. The molecule has 0 radical (unpaired) electrons. The molecule has 0 spiro atoms. The van der Waals surface area contributed by atoms with Crippen LogP contribution in [-0.2, 0) is 9.59 Å². The molecular formula is C16H21N3O2. The zero-order valence-electron chi connectivity index (χ0n) is 12.1. The molecule has 2 saturated heterocycles. The van der Waals surface area contributed by atoms with E-state index in [-0.39, 0.29) is 11.8 Å². The fraction of sp³-hybridized carbons (Fsp3) is 0.500. The van der Waals surface area contributed by atoms with Gasteiger partial charge in [0.25, 0.3) is 0 Å². The quantitative estimate of drug-likeness (QED) is 0.838. The Morgan fingerprint density at radius 1 is 1.00 bits per heavy atom. The molecule has 0 saturated carbocycles. The molecule has 5 heteroatoms. The lowest BCUT2D eigenvalue weighted by molar-refractivity contribution is -0.146. The Balaban J connectivity index is 1.64. The molecule has 0 bridgehead atoms. The summed E-state index contributed by atoms with van der Waals surface area (Å²) < 4.78 is 0. The molecule has 2 fully saturated rings. The third-order valence-corrected chi connectivity index (χ3v) is 4.28. The van der Waals surface area contributed by atoms with Crippen molar-refractivity contribution in [1.29, 1.82) is 0 Å². The minimum Gasteiger partial charge on any atom is -0.353 e. The van der Waals surface area contributed by atoms with E-state index in [4.69, 9.17) is 0 Å². The van der Waals surface area contributed by atoms with E-state index >= 15 is 0 Å². The molecule has 21 heavy (non-hydrogen) atoms. The first-order valence-corrected chi connectivity index (χ1v) is 7.58. The molecule has 2 heterocycles. The summed E-state index contributed by atoms with van der Waals surface area (Å²) in [4.78, 5) is 27.9. The fourth-order valence-electron chi connectivity index (χ4n) is 3.04. The van der Waals surface area contributed by atoms with E-state index in [1.165, 1.54) is 4.90 Å². The van der Waals surface area contributed by atoms with Gasteiger partial charge in [0.1, 0.15) is 0 Å². The number of imide groups is 1. The highest BCUT2D eigenvalue weighted by Crippen LogP contribution is 2.19. The molecule has 0 aliphatic carbocycles. The molecule has 5 nitrogen and oxygen atoms in total. The fourth-order valence-corrected chi connectivity index (χ4v) is 3.04. The third kappa shape index (κ3) is 3.24. The number of benzene rings is 1. The summed E-state index contributed by atoms with van der Waals surface area (Å²) in [5.74, 6) is 0.296. The number of anilines is 1. The van der Waals surface area contributed by atoms with Crippen molar-refractivity contribution in [3.8, 4) is 0 Å². The first kappa shape index (κ1) is 14.1. The van der Waals surface area contributed by atoms with Gasteiger partial charge in [-0.15, -0.1) is 0 Å². The van der Waals surface area contributed by atoms with Crippen LogP contribution >= 0.6 is 0 Å². The topological polar surface area (TPSA) is 52.7 Å². The number of hydrogen-bond donors (Lipinski definition) is 1. The van der Waals surface area contributed by atoms with Gasteiger partial charge in [0.05, 0.1) is 13.1 Å². The van der Waals surface area contributed by atoms with Crippen molar-refractivity contribution in [2.75, 3.05) is 37.6 Å². The van der Waals surface area contributed by atoms with Crippen molar-refractivity contribution in [2.45, 2.75) is 12.8 Å². The molecule has 1 aromatic rings. The maximum atomic E-state index is 12.3. The van der Waals surface area contributed by atoms with Gasteiger partial charge in [-0.1, -0.05) is 18.2 Å². The summed E-state index contributed by atoms with van der Waals surface area (Å²) in [7, 11) is 0. The zero-order valence-corrected chi connectivity index (χ0v) is 12.1. The van der Waals surface area contributed by atoms with Crippen molar-refractivity contribution >= 4 is 17.5 Å². The van der Waals surface area contributed by atoms with E-state index in [9.17, 15) is 9.59 Å². The van der Waals surface area contributed by atoms with Crippen molar-refractivity contribution in [2.24, 2.45) is 5.92 Å². The summed E-state index contributed by atoms with van der Waals surface area (Å²) in [6, 6.07) is 9.64. The largest absolute Gasteiger partial charge is 0.353 e. The number of nitrogens with one attached hydrogen (secondary N) is 1. The van der Waals surface area contributed by atoms with Crippen molar-refractivity contribution in [3.63, 3.8) is 0 Å². The monoisotopic (exact) mass is 287 g/mol. The summed E-state index contributed by atoms with van der Waals surface area (Å²) in [6.07, 6.45) is 2.08. The molecule has 0 atom stereocenters. The number of para-hydroxylation sites is 1. The van der Waals surface area contributed by atoms with Gasteiger partial charge in [-0.3, -0.25) is 14.5 Å². The summed E-state index contributed by atoms with van der Waals surface area (Å²) in [5, 5.41) is 3.31. The number of piperazine rings is 1. The van der Waals surface area contributed by atoms with Crippen molar-refractivity contribution in [3.05, 3.63) is 30.3 Å². The van der Waals surface area contributed by atoms with Crippen LogP contribution < -0.4 is 10.2 Å². The predicted molar refractivity (Wildman–Crippen MR) is 81.0 cm³/mol. The molecule has 2 amide bonds. The van der Waals surface area contributed by atoms with Crippen molar-refractivity contribution in [1.82, 2.24) is 10.2 Å². The highest BCUT2D eigenvalue weighted by atomic mass is 16.2. The molecule has 2 aliphatic rings. The lowest BCUT2D eigenvalue weighted by Crippen LogP contribution is -2.55. The second-order valence-corrected chi connectivity index (χ2v) is 5.78. The Kier molecular flexibility index (Phi) is 4.20. The molecule has 1 aromatic carbocycles. The molecule has 0 aromatic heterocycles. The first-order valence-electron chi connectivity index (χ1n) is 7.58. The predicted octanol–water partition coefficient (Wildman–Crippen LogP) is 0.861. The Morgan fingerprint density at radius 2 is 1.62 bits per heavy atom. The van der Waals surface area contributed by atoms with Crippen LogP contribution in [0.2, 0.25) is 0 Å². The van der Waals surface area contributed by atoms with Crippen LogP contribution in [-0.4, -0.2) is 49.4 Å². The van der Waals surface area contributed by atoms with Crippen LogP contribution in [0.1, 0.15) is 12.8 Å². The summed E-state index contributed by atoms with van der Waals surface area (Å²) in [6.45, 7) is 3.14. The zero-order chi connectivity index (χ0) is 14.7. The number of nitrogens with zero attached hydrogens (tertiary/aromatic N) is 2. The summed E-state index contributed by atoms with van der Waals surface area (Å²) >= 11 is 0. The number of hydrogen-bond acceptors (Lipinski definition) is 4. The average Bonchev–Trinajstić information content (AvgIpc) is 2.52. The molecule has 0 unspecified atom stereocenters. The molecule has 3 rings (SSSR count). The van der Waals surface area contributed by atoms with Crippen LogP contribution in [0.15, 0.2) is 30.3 Å². The van der Waals surface area contributed by atoms with E-state index in [1.807, 2.05) is 35.2 Å². The first-order chi connectivity index (χ1) is 10.2. The second-order valence-electron chi connectivity index (χ2n) is 5.78. The van der Waals surface area contributed by atoms with Gasteiger partial charge in [0, 0.05) is 12.2 Å². The minimum atomic E-state index is -0.0753. The lowest BCUT2D eigenvalue weighted by Gasteiger charge is -2.36. The van der Waals surface area contributed by atoms with Gasteiger partial charge in [0.15, 0.2) is 0 Å². The maximum Gasteiger partial charge on any atom is 0.248 e. The van der Waals surface area contributed by atoms with Gasteiger partial charge in [-0.05, 0) is 44.0 Å². The highest BCUT2D eigenvalue weighted by Gasteiger charge is 2.32. The molecule has 112 valence electrons. The van der Waals surface area contributed by atoms with Crippen LogP contribution in [0.4, 0.5) is 5.69 Å². The van der Waals surface area contributed by atoms with Crippen LogP contribution in [0.25, 0.3) is 0 Å². The third-order valence-electron chi connectivity index (χ3n) is 4.28. The number of rotatable bonds is 3. The van der Waals surface area contributed by atoms with E-state index in [1.54, 1.807) is 0 Å². The molecule has 1 N–H and O–H groups in total. The minimum absolute atomic E-state index is 0.0753. The molecule has 2 aliphatic heterocycles. The van der Waals surface area contributed by atoms with Crippen LogP contribution in [0, 0.1) is 5.92 Å². The average molecular weight is 287 g/mol. The van der Waals surface area contributed by atoms with Crippen molar-refractivity contribution < 1.29 is 9.59 Å². The Bertz CT molecular complexity index is 494. The highest BCUT2D eigenvalue weighted by molar-refractivity contribution is 6.02. The molecular weight excluding hydrogens is 266 g/mol. The van der Waals surface area contributed by atoms with E-state index in [0.717, 1.165) is 31.6 Å². The maximum absolute atomic E-state index is 12.3. The summed E-state index contributed by atoms with van der Waals surface area (Å²) in [5.41, 5.74) is 0.931. The van der Waals surface area contributed by atoms with Gasteiger partial charge in [-0.25, -0.2) is 0 Å². The number of piperidine rings is 1. The van der Waals surface area contributed by atoms with Gasteiger partial charge < -0.3 is 10.2 Å². The Morgan fingerprint density at radius 3 is 2.24 bits per heavy atom. The number of amides is 2. The second kappa shape index (κ2) is 6.26. The van der Waals surface area contributed by atoms with E-state index in [2.05, 4.69) is 5.32 Å². The number of carbonyl (C=O) groups excluding carboxylic acids is 2. The number of carbonyl (C=O) groups is 2. The lowest BCUT2D eigenvalue weighted by atomic mass is 9.97. The SMILES string of the molecule is O=C1CN(c2ccccc2)CC(=O)N1CC1CCNCC1. The Labute approximate surface area is 124 Å². The standard InChI is InChI=1S/C16H21N3O2/c20-15-11-18(14-4-2-1-3-5-14)12-16(21)19(15)10-13-6-8-17-9-7-13/h1-5,13,17H,6-12H2. The van der Waals surface area contributed by atoms with E-state index < -0.39 is 0 Å². The van der Waals surface area contributed by atoms with E-state index in [0.29, 0.717) is 25.6 Å². The Hall–Kier alpha value is -1.88. The van der Waals surface area contributed by atoms with Gasteiger partial charge in [-0.2, -0.15) is 0 Å². The van der Waals surface area contributed by atoms with Crippen LogP contribution in [0.5, 0.6) is 0 Å². The van der Waals surface area contributed by atoms with Gasteiger partial charge >= 0.3 is 0 Å². The van der Waals surface area contributed by atoms with Crippen LogP contribution in [0.3, 0.4) is 0 Å².